The summed E-state index contributed by atoms with van der Waals surface area (Å²) < 4.78 is 11.8. The maximum atomic E-state index is 11.1. The van der Waals surface area contributed by atoms with Crippen molar-refractivity contribution in [3.8, 4) is 11.5 Å². The molecule has 0 aromatic heterocycles. The molecule has 3 N–H and O–H groups in total. The molecule has 5 nitrogen and oxygen atoms in total. The van der Waals surface area contributed by atoms with Gasteiger partial charge in [0.1, 0.15) is 6.61 Å². The summed E-state index contributed by atoms with van der Waals surface area (Å²) in [6.45, 7) is 0.279. The maximum Gasteiger partial charge on any atom is 0.337 e. The van der Waals surface area contributed by atoms with Crippen molar-refractivity contribution in [3.63, 3.8) is 0 Å². The van der Waals surface area contributed by atoms with Gasteiger partial charge in [-0.1, -0.05) is 34.1 Å². The van der Waals surface area contributed by atoms with Crippen LogP contribution in [0.15, 0.2) is 40.9 Å². The third-order valence-corrected chi connectivity index (χ3v) is 3.68. The largest absolute Gasteiger partial charge is 0.493 e. The van der Waals surface area contributed by atoms with Crippen LogP contribution in [0.5, 0.6) is 11.5 Å². The molecule has 0 aliphatic carbocycles. The van der Waals surface area contributed by atoms with Crippen molar-refractivity contribution in [3.05, 3.63) is 52.0 Å². The number of carbonyl (C=O) groups is 1. The standard InChI is InChI=1S/C15H14BrNO4/c1-20-13-7-12(17)10(15(18)19)6-14(13)21-8-9-4-2-3-5-11(9)16/h2-7H,8,17H2,1H3,(H,18,19). The Kier molecular flexibility index (Phi) is 4.70. The van der Waals surface area contributed by atoms with E-state index in [1.165, 1.54) is 19.2 Å². The first kappa shape index (κ1) is 15.2. The van der Waals surface area contributed by atoms with Crippen molar-refractivity contribution < 1.29 is 19.4 Å². The van der Waals surface area contributed by atoms with E-state index in [9.17, 15) is 4.79 Å². The Morgan fingerprint density at radius 3 is 2.62 bits per heavy atom. The third kappa shape index (κ3) is 3.46. The third-order valence-electron chi connectivity index (χ3n) is 2.91. The lowest BCUT2D eigenvalue weighted by molar-refractivity contribution is 0.0697. The van der Waals surface area contributed by atoms with Crippen LogP contribution in [-0.4, -0.2) is 18.2 Å². The van der Waals surface area contributed by atoms with Gasteiger partial charge in [0.25, 0.3) is 0 Å². The number of benzene rings is 2. The molecule has 0 spiro atoms. The SMILES string of the molecule is COc1cc(N)c(C(=O)O)cc1OCc1ccccc1Br. The van der Waals surface area contributed by atoms with Gasteiger partial charge in [0.05, 0.1) is 18.4 Å². The molecule has 0 amide bonds. The Balaban J connectivity index is 2.28. The summed E-state index contributed by atoms with van der Waals surface area (Å²) in [6.07, 6.45) is 0. The van der Waals surface area contributed by atoms with E-state index in [1.54, 1.807) is 0 Å². The summed E-state index contributed by atoms with van der Waals surface area (Å²) >= 11 is 3.43. The quantitative estimate of drug-likeness (QED) is 0.807. The fourth-order valence-corrected chi connectivity index (χ4v) is 2.20. The van der Waals surface area contributed by atoms with Crippen LogP contribution in [0.3, 0.4) is 0 Å². The highest BCUT2D eigenvalue weighted by molar-refractivity contribution is 9.10. The monoisotopic (exact) mass is 351 g/mol. The summed E-state index contributed by atoms with van der Waals surface area (Å²) in [5.41, 5.74) is 6.73. The molecule has 0 fully saturated rings. The average Bonchev–Trinajstić information content (AvgIpc) is 2.46. The zero-order valence-electron chi connectivity index (χ0n) is 11.3. The van der Waals surface area contributed by atoms with E-state index in [2.05, 4.69) is 15.9 Å². The summed E-state index contributed by atoms with van der Waals surface area (Å²) in [5, 5.41) is 9.10. The van der Waals surface area contributed by atoms with E-state index in [4.69, 9.17) is 20.3 Å². The molecule has 0 radical (unpaired) electrons. The number of carboxylic acids is 1. The average molecular weight is 352 g/mol. The molecular formula is C15H14BrNO4. The number of rotatable bonds is 5. The van der Waals surface area contributed by atoms with Crippen LogP contribution in [0.25, 0.3) is 0 Å². The number of hydrogen-bond acceptors (Lipinski definition) is 4. The molecule has 0 bridgehead atoms. The minimum atomic E-state index is -1.11. The predicted molar refractivity (Wildman–Crippen MR) is 82.8 cm³/mol. The molecular weight excluding hydrogens is 338 g/mol. The molecule has 2 rings (SSSR count). The van der Waals surface area contributed by atoms with E-state index in [0.29, 0.717) is 11.5 Å². The molecule has 0 saturated heterocycles. The van der Waals surface area contributed by atoms with E-state index in [0.717, 1.165) is 10.0 Å². The lowest BCUT2D eigenvalue weighted by atomic mass is 10.1. The van der Waals surface area contributed by atoms with Gasteiger partial charge in [-0.2, -0.15) is 0 Å². The van der Waals surface area contributed by atoms with Gasteiger partial charge >= 0.3 is 5.97 Å². The summed E-state index contributed by atoms with van der Waals surface area (Å²) in [4.78, 5) is 11.1. The summed E-state index contributed by atoms with van der Waals surface area (Å²) in [5.74, 6) is -0.384. The van der Waals surface area contributed by atoms with Gasteiger partial charge < -0.3 is 20.3 Å². The molecule has 6 heteroatoms. The second kappa shape index (κ2) is 6.49. The molecule has 0 aliphatic heterocycles. The number of hydrogen-bond donors (Lipinski definition) is 2. The predicted octanol–water partition coefficient (Wildman–Crippen LogP) is 3.32. The number of aromatic carboxylic acids is 1. The number of nitrogens with two attached hydrogens (primary N) is 1. The Morgan fingerprint density at radius 2 is 2.00 bits per heavy atom. The molecule has 0 unspecified atom stereocenters. The van der Waals surface area contributed by atoms with Gasteiger partial charge in [-0.15, -0.1) is 0 Å². The van der Waals surface area contributed by atoms with Crippen molar-refractivity contribution in [2.75, 3.05) is 12.8 Å². The van der Waals surface area contributed by atoms with Gasteiger partial charge in [0, 0.05) is 22.2 Å². The summed E-state index contributed by atoms with van der Waals surface area (Å²) in [6, 6.07) is 10.4. The number of methoxy groups -OCH3 is 1. The van der Waals surface area contributed by atoms with Crippen molar-refractivity contribution in [2.45, 2.75) is 6.61 Å². The van der Waals surface area contributed by atoms with Crippen molar-refractivity contribution in [1.82, 2.24) is 0 Å². The highest BCUT2D eigenvalue weighted by Crippen LogP contribution is 2.33. The normalized spacial score (nSPS) is 10.2. The van der Waals surface area contributed by atoms with Gasteiger partial charge in [-0.25, -0.2) is 4.79 Å². The highest BCUT2D eigenvalue weighted by atomic mass is 79.9. The van der Waals surface area contributed by atoms with Crippen LogP contribution in [0.2, 0.25) is 0 Å². The number of carboxylic acid groups (broad SMARTS) is 1. The van der Waals surface area contributed by atoms with Gasteiger partial charge in [-0.05, 0) is 6.07 Å². The van der Waals surface area contributed by atoms with Crippen LogP contribution >= 0.6 is 15.9 Å². The topological polar surface area (TPSA) is 81.8 Å². The Labute approximate surface area is 130 Å². The first-order chi connectivity index (χ1) is 10.0. The van der Waals surface area contributed by atoms with Gasteiger partial charge in [-0.3, -0.25) is 0 Å². The fraction of sp³-hybridized carbons (Fsp3) is 0.133. The zero-order valence-corrected chi connectivity index (χ0v) is 12.9. The zero-order chi connectivity index (χ0) is 15.4. The molecule has 0 atom stereocenters. The van der Waals surface area contributed by atoms with Crippen LogP contribution in [0, 0.1) is 0 Å². The number of halogens is 1. The van der Waals surface area contributed by atoms with Crippen molar-refractivity contribution in [1.29, 1.82) is 0 Å². The molecule has 0 saturated carbocycles. The first-order valence-corrected chi connectivity index (χ1v) is 6.89. The van der Waals surface area contributed by atoms with E-state index in [-0.39, 0.29) is 17.9 Å². The molecule has 110 valence electrons. The van der Waals surface area contributed by atoms with Gasteiger partial charge in [0.15, 0.2) is 11.5 Å². The van der Waals surface area contributed by atoms with Crippen molar-refractivity contribution >= 4 is 27.6 Å². The van der Waals surface area contributed by atoms with Crippen LogP contribution in [0.4, 0.5) is 5.69 Å². The molecule has 2 aromatic rings. The molecule has 21 heavy (non-hydrogen) atoms. The minimum Gasteiger partial charge on any atom is -0.493 e. The van der Waals surface area contributed by atoms with Crippen LogP contribution in [0.1, 0.15) is 15.9 Å². The van der Waals surface area contributed by atoms with Crippen LogP contribution < -0.4 is 15.2 Å². The molecule has 0 aliphatic rings. The lowest BCUT2D eigenvalue weighted by Crippen LogP contribution is -2.05. The Bertz CT molecular complexity index is 673. The fourth-order valence-electron chi connectivity index (χ4n) is 1.80. The maximum absolute atomic E-state index is 11.1. The van der Waals surface area contributed by atoms with E-state index >= 15 is 0 Å². The van der Waals surface area contributed by atoms with E-state index < -0.39 is 5.97 Å². The Morgan fingerprint density at radius 1 is 1.29 bits per heavy atom. The van der Waals surface area contributed by atoms with Crippen molar-refractivity contribution in [2.24, 2.45) is 0 Å². The minimum absolute atomic E-state index is 0.0158. The first-order valence-electron chi connectivity index (χ1n) is 6.10. The number of ether oxygens (including phenoxy) is 2. The van der Waals surface area contributed by atoms with E-state index in [1.807, 2.05) is 24.3 Å². The Hall–Kier alpha value is -2.21. The second-order valence-corrected chi connectivity index (χ2v) is 5.13. The molecule has 2 aromatic carbocycles. The van der Waals surface area contributed by atoms with Crippen LogP contribution in [-0.2, 0) is 6.61 Å². The lowest BCUT2D eigenvalue weighted by Gasteiger charge is -2.13. The summed E-state index contributed by atoms with van der Waals surface area (Å²) in [7, 11) is 1.47. The highest BCUT2D eigenvalue weighted by Gasteiger charge is 2.15. The molecule has 0 heterocycles. The number of anilines is 1. The number of nitrogen functional groups attached to an aromatic ring is 1. The smallest absolute Gasteiger partial charge is 0.337 e. The van der Waals surface area contributed by atoms with Gasteiger partial charge in [0.2, 0.25) is 0 Å². The second-order valence-electron chi connectivity index (χ2n) is 4.28.